The standard InChI is InChI=1S/C14H19Cl2NO3/c1-4-12(8-19-3)17-14(18)9(2)20-13-6-10(15)5-11(16)7-13/h5-7,9,12H,4,8H2,1-3H3,(H,17,18). The highest BCUT2D eigenvalue weighted by molar-refractivity contribution is 6.34. The van der Waals surface area contributed by atoms with Crippen LogP contribution < -0.4 is 10.1 Å². The van der Waals surface area contributed by atoms with E-state index in [9.17, 15) is 4.79 Å². The van der Waals surface area contributed by atoms with E-state index in [2.05, 4.69) is 5.32 Å². The maximum atomic E-state index is 12.0. The number of halogens is 2. The summed E-state index contributed by atoms with van der Waals surface area (Å²) in [4.78, 5) is 12.0. The average Bonchev–Trinajstić information content (AvgIpc) is 2.36. The second-order valence-electron chi connectivity index (χ2n) is 4.43. The van der Waals surface area contributed by atoms with Crippen molar-refractivity contribution in [3.8, 4) is 5.75 Å². The molecule has 0 spiro atoms. The van der Waals surface area contributed by atoms with Gasteiger partial charge in [-0.05, 0) is 31.5 Å². The maximum Gasteiger partial charge on any atom is 0.261 e. The molecule has 1 amide bonds. The van der Waals surface area contributed by atoms with Crippen molar-refractivity contribution in [2.24, 2.45) is 0 Å². The highest BCUT2D eigenvalue weighted by atomic mass is 35.5. The zero-order valence-corrected chi connectivity index (χ0v) is 13.3. The highest BCUT2D eigenvalue weighted by Crippen LogP contribution is 2.24. The average molecular weight is 320 g/mol. The van der Waals surface area contributed by atoms with Crippen molar-refractivity contribution in [2.45, 2.75) is 32.4 Å². The van der Waals surface area contributed by atoms with Crippen LogP contribution in [0.25, 0.3) is 0 Å². The first-order chi connectivity index (χ1) is 9.46. The Hall–Kier alpha value is -0.970. The van der Waals surface area contributed by atoms with Crippen molar-refractivity contribution in [1.29, 1.82) is 0 Å². The van der Waals surface area contributed by atoms with Crippen LogP contribution >= 0.6 is 23.2 Å². The fourth-order valence-electron chi connectivity index (χ4n) is 1.64. The van der Waals surface area contributed by atoms with Gasteiger partial charge in [0, 0.05) is 17.2 Å². The van der Waals surface area contributed by atoms with Crippen molar-refractivity contribution in [3.05, 3.63) is 28.2 Å². The van der Waals surface area contributed by atoms with E-state index in [1.165, 1.54) is 0 Å². The molecule has 1 rings (SSSR count). The van der Waals surface area contributed by atoms with Gasteiger partial charge in [-0.3, -0.25) is 4.79 Å². The van der Waals surface area contributed by atoms with Gasteiger partial charge in [-0.15, -0.1) is 0 Å². The Balaban J connectivity index is 2.60. The Labute approximate surface area is 129 Å². The Bertz CT molecular complexity index is 434. The van der Waals surface area contributed by atoms with E-state index in [0.717, 1.165) is 6.42 Å². The van der Waals surface area contributed by atoms with Gasteiger partial charge in [0.1, 0.15) is 5.75 Å². The first-order valence-corrected chi connectivity index (χ1v) is 7.14. The smallest absolute Gasteiger partial charge is 0.261 e. The molecule has 0 aliphatic heterocycles. The van der Waals surface area contributed by atoms with Crippen molar-refractivity contribution in [1.82, 2.24) is 5.32 Å². The van der Waals surface area contributed by atoms with E-state index in [4.69, 9.17) is 32.7 Å². The van der Waals surface area contributed by atoms with Crippen LogP contribution in [0.5, 0.6) is 5.75 Å². The molecule has 0 fully saturated rings. The minimum absolute atomic E-state index is 0.0264. The normalized spacial score (nSPS) is 13.7. The summed E-state index contributed by atoms with van der Waals surface area (Å²) in [5.74, 6) is 0.259. The number of carbonyl (C=O) groups excluding carboxylic acids is 1. The van der Waals surface area contributed by atoms with Crippen LogP contribution in [-0.2, 0) is 9.53 Å². The maximum absolute atomic E-state index is 12.0. The van der Waals surface area contributed by atoms with Gasteiger partial charge < -0.3 is 14.8 Å². The number of nitrogens with one attached hydrogen (secondary N) is 1. The first kappa shape index (κ1) is 17.1. The molecular weight excluding hydrogens is 301 g/mol. The number of rotatable bonds is 7. The minimum atomic E-state index is -0.643. The van der Waals surface area contributed by atoms with Gasteiger partial charge in [0.05, 0.1) is 12.6 Å². The number of carbonyl (C=O) groups is 1. The fraction of sp³-hybridized carbons (Fsp3) is 0.500. The molecule has 6 heteroatoms. The van der Waals surface area contributed by atoms with Crippen LogP contribution in [0, 0.1) is 0 Å². The SMILES string of the molecule is CCC(COC)NC(=O)C(C)Oc1cc(Cl)cc(Cl)c1. The Morgan fingerprint density at radius 2 is 1.90 bits per heavy atom. The summed E-state index contributed by atoms with van der Waals surface area (Å²) in [6.45, 7) is 4.12. The highest BCUT2D eigenvalue weighted by Gasteiger charge is 2.18. The van der Waals surface area contributed by atoms with E-state index < -0.39 is 6.10 Å². The van der Waals surface area contributed by atoms with Crippen molar-refractivity contribution in [2.75, 3.05) is 13.7 Å². The molecule has 1 aromatic rings. The predicted molar refractivity (Wildman–Crippen MR) is 80.6 cm³/mol. The van der Waals surface area contributed by atoms with E-state index in [1.807, 2.05) is 6.92 Å². The molecule has 112 valence electrons. The van der Waals surface area contributed by atoms with Crippen LogP contribution in [0.1, 0.15) is 20.3 Å². The molecular formula is C14H19Cl2NO3. The van der Waals surface area contributed by atoms with Crippen LogP contribution in [0.4, 0.5) is 0 Å². The third-order valence-electron chi connectivity index (χ3n) is 2.73. The van der Waals surface area contributed by atoms with Crippen LogP contribution in [-0.4, -0.2) is 31.8 Å². The number of amides is 1. The molecule has 1 aromatic carbocycles. The minimum Gasteiger partial charge on any atom is -0.481 e. The zero-order chi connectivity index (χ0) is 15.1. The Morgan fingerprint density at radius 1 is 1.30 bits per heavy atom. The fourth-order valence-corrected chi connectivity index (χ4v) is 2.14. The second kappa shape index (κ2) is 8.35. The van der Waals surface area contributed by atoms with Gasteiger partial charge in [-0.1, -0.05) is 30.1 Å². The number of benzene rings is 1. The number of methoxy groups -OCH3 is 1. The monoisotopic (exact) mass is 319 g/mol. The third kappa shape index (κ3) is 5.57. The first-order valence-electron chi connectivity index (χ1n) is 6.38. The molecule has 0 heterocycles. The molecule has 0 radical (unpaired) electrons. The molecule has 1 N–H and O–H groups in total. The van der Waals surface area contributed by atoms with Gasteiger partial charge >= 0.3 is 0 Å². The van der Waals surface area contributed by atoms with Crippen LogP contribution in [0.3, 0.4) is 0 Å². The summed E-state index contributed by atoms with van der Waals surface area (Å²) in [6.07, 6.45) is 0.144. The third-order valence-corrected chi connectivity index (χ3v) is 3.16. The lowest BCUT2D eigenvalue weighted by Gasteiger charge is -2.20. The largest absolute Gasteiger partial charge is 0.481 e. The van der Waals surface area contributed by atoms with E-state index >= 15 is 0 Å². The summed E-state index contributed by atoms with van der Waals surface area (Å²) < 4.78 is 10.6. The van der Waals surface area contributed by atoms with Crippen molar-refractivity contribution >= 4 is 29.1 Å². The predicted octanol–water partition coefficient (Wildman–Crippen LogP) is 3.30. The van der Waals surface area contributed by atoms with Crippen LogP contribution in [0.15, 0.2) is 18.2 Å². The van der Waals surface area contributed by atoms with E-state index in [1.54, 1.807) is 32.2 Å². The lowest BCUT2D eigenvalue weighted by Crippen LogP contribution is -2.44. The molecule has 0 bridgehead atoms. The summed E-state index contributed by atoms with van der Waals surface area (Å²) in [5.41, 5.74) is 0. The van der Waals surface area contributed by atoms with Crippen molar-refractivity contribution < 1.29 is 14.3 Å². The van der Waals surface area contributed by atoms with Gasteiger partial charge in [0.25, 0.3) is 5.91 Å². The van der Waals surface area contributed by atoms with Crippen molar-refractivity contribution in [3.63, 3.8) is 0 Å². The van der Waals surface area contributed by atoms with Gasteiger partial charge in [-0.2, -0.15) is 0 Å². The lowest BCUT2D eigenvalue weighted by atomic mass is 10.2. The summed E-state index contributed by atoms with van der Waals surface area (Å²) in [6, 6.07) is 4.81. The quantitative estimate of drug-likeness (QED) is 0.838. The molecule has 0 aliphatic rings. The van der Waals surface area contributed by atoms with E-state index in [-0.39, 0.29) is 11.9 Å². The summed E-state index contributed by atoms with van der Waals surface area (Å²) >= 11 is 11.8. The number of ether oxygens (including phenoxy) is 2. The molecule has 2 atom stereocenters. The molecule has 0 saturated heterocycles. The Kier molecular flexibility index (Phi) is 7.13. The Morgan fingerprint density at radius 3 is 2.40 bits per heavy atom. The lowest BCUT2D eigenvalue weighted by molar-refractivity contribution is -0.128. The molecule has 2 unspecified atom stereocenters. The van der Waals surface area contributed by atoms with Gasteiger partial charge in [-0.25, -0.2) is 0 Å². The number of hydrogen-bond donors (Lipinski definition) is 1. The second-order valence-corrected chi connectivity index (χ2v) is 5.31. The molecule has 0 saturated carbocycles. The van der Waals surface area contributed by atoms with Gasteiger partial charge in [0.2, 0.25) is 0 Å². The molecule has 0 aromatic heterocycles. The molecule has 20 heavy (non-hydrogen) atoms. The van der Waals surface area contributed by atoms with Crippen LogP contribution in [0.2, 0.25) is 10.0 Å². The molecule has 0 aliphatic carbocycles. The summed E-state index contributed by atoms with van der Waals surface area (Å²) in [7, 11) is 1.60. The molecule has 4 nitrogen and oxygen atoms in total. The topological polar surface area (TPSA) is 47.6 Å². The van der Waals surface area contributed by atoms with Gasteiger partial charge in [0.15, 0.2) is 6.10 Å². The number of hydrogen-bond acceptors (Lipinski definition) is 3. The zero-order valence-electron chi connectivity index (χ0n) is 11.8. The van der Waals surface area contributed by atoms with E-state index in [0.29, 0.717) is 22.4 Å². The summed E-state index contributed by atoms with van der Waals surface area (Å²) in [5, 5.41) is 3.79.